The molecule has 15 heavy (non-hydrogen) atoms. The summed E-state index contributed by atoms with van der Waals surface area (Å²) in [4.78, 5) is 0. The first-order valence-electron chi connectivity index (χ1n) is 5.62. The van der Waals surface area contributed by atoms with Crippen molar-refractivity contribution in [2.75, 3.05) is 19.6 Å². The molecular weight excluding hydrogens is 212 g/mol. The highest BCUT2D eigenvalue weighted by molar-refractivity contribution is 7.90. The maximum atomic E-state index is 11.6. The number of sulfonamides is 1. The Hall–Kier alpha value is -0.130. The third kappa shape index (κ3) is 3.74. The van der Waals surface area contributed by atoms with E-state index in [0.29, 0.717) is 18.4 Å². The Morgan fingerprint density at radius 3 is 2.67 bits per heavy atom. The van der Waals surface area contributed by atoms with Gasteiger partial charge in [0.15, 0.2) is 0 Å². The molecule has 1 rings (SSSR count). The average Bonchev–Trinajstić information content (AvgIpc) is 2.16. The molecule has 0 aromatic rings. The molecule has 0 radical (unpaired) electrons. The molecular formula is C10H22N2O2S. The molecule has 0 bridgehead atoms. The fourth-order valence-electron chi connectivity index (χ4n) is 1.76. The predicted molar refractivity (Wildman–Crippen MR) is 62.2 cm³/mol. The van der Waals surface area contributed by atoms with Crippen molar-refractivity contribution in [2.45, 2.75) is 32.4 Å². The van der Waals surface area contributed by atoms with Crippen molar-refractivity contribution in [3.8, 4) is 0 Å². The van der Waals surface area contributed by atoms with Crippen LogP contribution in [0.4, 0.5) is 0 Å². The second kappa shape index (κ2) is 5.27. The Morgan fingerprint density at radius 1 is 1.47 bits per heavy atom. The lowest BCUT2D eigenvalue weighted by atomic mass is 9.88. The van der Waals surface area contributed by atoms with Crippen molar-refractivity contribution >= 4 is 10.0 Å². The smallest absolute Gasteiger partial charge is 0.213 e. The Kier molecular flexibility index (Phi) is 4.55. The van der Waals surface area contributed by atoms with Crippen LogP contribution in [-0.2, 0) is 10.0 Å². The standard InChI is InChI=1S/C10H22N2O2S/c1-8(2)15(13,14)12-7-10-4-5-11-6-9(10)3/h8-12H,4-7H2,1-3H3. The van der Waals surface area contributed by atoms with Gasteiger partial charge in [0.1, 0.15) is 0 Å². The zero-order valence-corrected chi connectivity index (χ0v) is 10.6. The monoisotopic (exact) mass is 234 g/mol. The summed E-state index contributed by atoms with van der Waals surface area (Å²) in [6, 6.07) is 0. The van der Waals surface area contributed by atoms with Gasteiger partial charge in [-0.15, -0.1) is 0 Å². The lowest BCUT2D eigenvalue weighted by molar-refractivity contribution is 0.274. The van der Waals surface area contributed by atoms with Gasteiger partial charge in [-0.05, 0) is 45.2 Å². The normalized spacial score (nSPS) is 28.3. The molecule has 0 amide bonds. The van der Waals surface area contributed by atoms with Crippen LogP contribution in [0.2, 0.25) is 0 Å². The molecule has 0 aliphatic carbocycles. The summed E-state index contributed by atoms with van der Waals surface area (Å²) in [5.41, 5.74) is 0. The largest absolute Gasteiger partial charge is 0.316 e. The Morgan fingerprint density at radius 2 is 2.13 bits per heavy atom. The van der Waals surface area contributed by atoms with Gasteiger partial charge >= 0.3 is 0 Å². The highest BCUT2D eigenvalue weighted by Gasteiger charge is 2.23. The summed E-state index contributed by atoms with van der Waals surface area (Å²) >= 11 is 0. The highest BCUT2D eigenvalue weighted by atomic mass is 32.2. The van der Waals surface area contributed by atoms with E-state index in [1.807, 2.05) is 0 Å². The molecule has 1 fully saturated rings. The number of hydrogen-bond donors (Lipinski definition) is 2. The van der Waals surface area contributed by atoms with Crippen LogP contribution in [-0.4, -0.2) is 33.3 Å². The van der Waals surface area contributed by atoms with E-state index in [1.165, 1.54) is 0 Å². The quantitative estimate of drug-likeness (QED) is 0.747. The van der Waals surface area contributed by atoms with Crippen LogP contribution < -0.4 is 10.0 Å². The zero-order valence-electron chi connectivity index (χ0n) is 9.79. The van der Waals surface area contributed by atoms with E-state index in [-0.39, 0.29) is 5.25 Å². The molecule has 2 atom stereocenters. The van der Waals surface area contributed by atoms with E-state index in [1.54, 1.807) is 13.8 Å². The van der Waals surface area contributed by atoms with Crippen LogP contribution in [0.25, 0.3) is 0 Å². The van der Waals surface area contributed by atoms with E-state index < -0.39 is 10.0 Å². The van der Waals surface area contributed by atoms with Crippen molar-refractivity contribution in [1.82, 2.24) is 10.0 Å². The predicted octanol–water partition coefficient (Wildman–Crippen LogP) is 0.560. The van der Waals surface area contributed by atoms with E-state index in [4.69, 9.17) is 0 Å². The van der Waals surface area contributed by atoms with Crippen molar-refractivity contribution in [3.63, 3.8) is 0 Å². The Labute approximate surface area is 92.9 Å². The fourth-order valence-corrected chi connectivity index (χ4v) is 2.54. The van der Waals surface area contributed by atoms with Crippen molar-refractivity contribution < 1.29 is 8.42 Å². The molecule has 1 aliphatic rings. The molecule has 2 unspecified atom stereocenters. The van der Waals surface area contributed by atoms with Crippen LogP contribution in [0.15, 0.2) is 0 Å². The van der Waals surface area contributed by atoms with Crippen molar-refractivity contribution in [3.05, 3.63) is 0 Å². The summed E-state index contributed by atoms with van der Waals surface area (Å²) in [5, 5.41) is 2.97. The molecule has 0 saturated carbocycles. The first-order chi connectivity index (χ1) is 6.93. The van der Waals surface area contributed by atoms with Gasteiger partial charge in [-0.2, -0.15) is 0 Å². The molecule has 5 heteroatoms. The Bertz CT molecular complexity index is 288. The van der Waals surface area contributed by atoms with Crippen molar-refractivity contribution in [1.29, 1.82) is 0 Å². The average molecular weight is 234 g/mol. The SMILES string of the molecule is CC1CNCCC1CNS(=O)(=O)C(C)C. The van der Waals surface area contributed by atoms with Crippen LogP contribution >= 0.6 is 0 Å². The maximum Gasteiger partial charge on any atom is 0.213 e. The summed E-state index contributed by atoms with van der Waals surface area (Å²) in [6.45, 7) is 8.15. The van der Waals surface area contributed by atoms with E-state index >= 15 is 0 Å². The summed E-state index contributed by atoms with van der Waals surface area (Å²) in [5.74, 6) is 1.02. The minimum absolute atomic E-state index is 0.338. The second-order valence-corrected chi connectivity index (χ2v) is 6.99. The molecule has 0 spiro atoms. The van der Waals surface area contributed by atoms with Crippen LogP contribution in [0.3, 0.4) is 0 Å². The topological polar surface area (TPSA) is 58.2 Å². The van der Waals surface area contributed by atoms with Gasteiger partial charge in [-0.1, -0.05) is 6.92 Å². The molecule has 0 aromatic carbocycles. The number of rotatable bonds is 4. The minimum atomic E-state index is -3.09. The summed E-state index contributed by atoms with van der Waals surface area (Å²) in [7, 11) is -3.09. The van der Waals surface area contributed by atoms with Gasteiger partial charge < -0.3 is 5.32 Å². The summed E-state index contributed by atoms with van der Waals surface area (Å²) < 4.78 is 25.8. The van der Waals surface area contributed by atoms with E-state index in [2.05, 4.69) is 17.0 Å². The number of nitrogens with one attached hydrogen (secondary N) is 2. The molecule has 0 aromatic heterocycles. The second-order valence-electron chi connectivity index (χ2n) is 4.67. The highest BCUT2D eigenvalue weighted by Crippen LogP contribution is 2.17. The first-order valence-corrected chi connectivity index (χ1v) is 7.17. The van der Waals surface area contributed by atoms with E-state index in [9.17, 15) is 8.42 Å². The van der Waals surface area contributed by atoms with Gasteiger partial charge in [-0.3, -0.25) is 0 Å². The van der Waals surface area contributed by atoms with Crippen LogP contribution in [0.1, 0.15) is 27.2 Å². The maximum absolute atomic E-state index is 11.6. The van der Waals surface area contributed by atoms with Gasteiger partial charge in [-0.25, -0.2) is 13.1 Å². The van der Waals surface area contributed by atoms with Gasteiger partial charge in [0.25, 0.3) is 0 Å². The van der Waals surface area contributed by atoms with E-state index in [0.717, 1.165) is 19.5 Å². The first kappa shape index (κ1) is 12.9. The van der Waals surface area contributed by atoms with Crippen molar-refractivity contribution in [2.24, 2.45) is 11.8 Å². The fraction of sp³-hybridized carbons (Fsp3) is 1.00. The Balaban J connectivity index is 2.42. The lowest BCUT2D eigenvalue weighted by Crippen LogP contribution is -2.42. The molecule has 1 saturated heterocycles. The lowest BCUT2D eigenvalue weighted by Gasteiger charge is -2.29. The molecule has 1 aliphatic heterocycles. The zero-order chi connectivity index (χ0) is 11.5. The van der Waals surface area contributed by atoms with Gasteiger partial charge in [0.2, 0.25) is 10.0 Å². The van der Waals surface area contributed by atoms with Gasteiger partial charge in [0.05, 0.1) is 5.25 Å². The molecule has 2 N–H and O–H groups in total. The number of piperidine rings is 1. The summed E-state index contributed by atoms with van der Waals surface area (Å²) in [6.07, 6.45) is 1.06. The third-order valence-corrected chi connectivity index (χ3v) is 4.94. The molecule has 4 nitrogen and oxygen atoms in total. The van der Waals surface area contributed by atoms with Gasteiger partial charge in [0, 0.05) is 6.54 Å². The number of hydrogen-bond acceptors (Lipinski definition) is 3. The molecule has 90 valence electrons. The van der Waals surface area contributed by atoms with Crippen LogP contribution in [0, 0.1) is 11.8 Å². The third-order valence-electron chi connectivity index (χ3n) is 3.13. The molecule has 1 heterocycles. The van der Waals surface area contributed by atoms with Crippen LogP contribution in [0.5, 0.6) is 0 Å². The minimum Gasteiger partial charge on any atom is -0.316 e.